The van der Waals surface area contributed by atoms with Crippen LogP contribution in [0.3, 0.4) is 0 Å². The van der Waals surface area contributed by atoms with Gasteiger partial charge in [0.05, 0.1) is 11.9 Å². The van der Waals surface area contributed by atoms with Gasteiger partial charge in [0, 0.05) is 19.7 Å². The number of ether oxygens (including phenoxy) is 1. The summed E-state index contributed by atoms with van der Waals surface area (Å²) in [7, 11) is -1.64. The van der Waals surface area contributed by atoms with Crippen molar-refractivity contribution in [3.63, 3.8) is 0 Å². The first-order valence-corrected chi connectivity index (χ1v) is 6.53. The van der Waals surface area contributed by atoms with Crippen molar-refractivity contribution in [1.82, 2.24) is 10.0 Å². The lowest BCUT2D eigenvalue weighted by atomic mass is 10.2. The van der Waals surface area contributed by atoms with Gasteiger partial charge in [-0.1, -0.05) is 0 Å². The van der Waals surface area contributed by atoms with E-state index in [4.69, 9.17) is 4.74 Å². The van der Waals surface area contributed by atoms with Crippen LogP contribution in [-0.2, 0) is 14.8 Å². The molecule has 0 aliphatic carbocycles. The van der Waals surface area contributed by atoms with Gasteiger partial charge >= 0.3 is 0 Å². The number of nitrogens with one attached hydrogen (secondary N) is 2. The molecule has 0 aromatic heterocycles. The molecule has 0 radical (unpaired) electrons. The average molecular weight is 222 g/mol. The Hall–Kier alpha value is -0.170. The summed E-state index contributed by atoms with van der Waals surface area (Å²) < 4.78 is 29.7. The molecule has 1 rings (SSSR count). The van der Waals surface area contributed by atoms with E-state index in [1.54, 1.807) is 0 Å². The van der Waals surface area contributed by atoms with Crippen molar-refractivity contribution in [1.29, 1.82) is 0 Å². The van der Waals surface area contributed by atoms with Gasteiger partial charge in [0.2, 0.25) is 10.0 Å². The molecular formula is C8H18N2O3S. The van der Waals surface area contributed by atoms with E-state index >= 15 is 0 Å². The summed E-state index contributed by atoms with van der Waals surface area (Å²) in [4.78, 5) is 0. The highest BCUT2D eigenvalue weighted by atomic mass is 32.2. The Bertz CT molecular complexity index is 247. The minimum Gasteiger partial charge on any atom is -0.377 e. The van der Waals surface area contributed by atoms with E-state index in [0.29, 0.717) is 6.54 Å². The predicted molar refractivity (Wildman–Crippen MR) is 54.7 cm³/mol. The van der Waals surface area contributed by atoms with Gasteiger partial charge < -0.3 is 10.1 Å². The monoisotopic (exact) mass is 222 g/mol. The molecule has 6 heteroatoms. The third-order valence-electron chi connectivity index (χ3n) is 2.25. The maximum absolute atomic E-state index is 11.0. The summed E-state index contributed by atoms with van der Waals surface area (Å²) in [5, 5.41) is 3.07. The van der Waals surface area contributed by atoms with E-state index in [1.165, 1.54) is 7.05 Å². The zero-order chi connectivity index (χ0) is 10.4. The minimum absolute atomic E-state index is 0.121. The fourth-order valence-corrected chi connectivity index (χ4v) is 1.99. The van der Waals surface area contributed by atoms with Crippen LogP contribution >= 0.6 is 0 Å². The Morgan fingerprint density at radius 2 is 2.29 bits per heavy atom. The second kappa shape index (κ2) is 5.65. The summed E-state index contributed by atoms with van der Waals surface area (Å²) in [5.74, 6) is 0.121. The normalized spacial score (nSPS) is 22.8. The summed E-state index contributed by atoms with van der Waals surface area (Å²) in [6.07, 6.45) is 2.46. The molecular weight excluding hydrogens is 204 g/mol. The molecule has 0 aromatic rings. The molecule has 0 spiro atoms. The third kappa shape index (κ3) is 4.36. The molecule has 2 N–H and O–H groups in total. The van der Waals surface area contributed by atoms with Gasteiger partial charge in [-0.15, -0.1) is 0 Å². The summed E-state index contributed by atoms with van der Waals surface area (Å²) in [5.41, 5.74) is 0. The van der Waals surface area contributed by atoms with Crippen molar-refractivity contribution < 1.29 is 13.2 Å². The van der Waals surface area contributed by atoms with Crippen LogP contribution in [0.1, 0.15) is 12.8 Å². The van der Waals surface area contributed by atoms with E-state index < -0.39 is 10.0 Å². The Kier molecular flexibility index (Phi) is 4.80. The predicted octanol–water partition coefficient (Wildman–Crippen LogP) is -0.696. The molecule has 14 heavy (non-hydrogen) atoms. The van der Waals surface area contributed by atoms with Crippen LogP contribution in [0.5, 0.6) is 0 Å². The fourth-order valence-electron chi connectivity index (χ4n) is 1.38. The Labute approximate surface area is 85.3 Å². The van der Waals surface area contributed by atoms with Crippen molar-refractivity contribution in [2.24, 2.45) is 0 Å². The first kappa shape index (κ1) is 11.9. The maximum atomic E-state index is 11.0. The summed E-state index contributed by atoms with van der Waals surface area (Å²) in [6.45, 7) is 2.06. The summed E-state index contributed by atoms with van der Waals surface area (Å²) >= 11 is 0. The van der Waals surface area contributed by atoms with E-state index in [0.717, 1.165) is 26.0 Å². The van der Waals surface area contributed by atoms with E-state index in [9.17, 15) is 8.42 Å². The second-order valence-corrected chi connectivity index (χ2v) is 5.41. The molecule has 84 valence electrons. The quantitative estimate of drug-likeness (QED) is 0.583. The van der Waals surface area contributed by atoms with Crippen LogP contribution in [0, 0.1) is 0 Å². The smallest absolute Gasteiger partial charge is 0.212 e. The van der Waals surface area contributed by atoms with Crippen molar-refractivity contribution in [2.75, 3.05) is 32.5 Å². The van der Waals surface area contributed by atoms with E-state index in [2.05, 4.69) is 10.0 Å². The molecule has 0 amide bonds. The Morgan fingerprint density at radius 1 is 1.50 bits per heavy atom. The lowest BCUT2D eigenvalue weighted by Crippen LogP contribution is -2.33. The Balaban J connectivity index is 2.04. The molecule has 5 nitrogen and oxygen atoms in total. The van der Waals surface area contributed by atoms with Gasteiger partial charge in [0.15, 0.2) is 0 Å². The van der Waals surface area contributed by atoms with Crippen LogP contribution in [0.4, 0.5) is 0 Å². The SMILES string of the molecule is CNS(=O)(=O)CCNCC1CCCO1. The zero-order valence-electron chi connectivity index (χ0n) is 8.45. The van der Waals surface area contributed by atoms with E-state index in [-0.39, 0.29) is 11.9 Å². The highest BCUT2D eigenvalue weighted by molar-refractivity contribution is 7.89. The maximum Gasteiger partial charge on any atom is 0.212 e. The number of hydrogen-bond donors (Lipinski definition) is 2. The molecule has 0 aromatic carbocycles. The molecule has 1 atom stereocenters. The molecule has 1 aliphatic heterocycles. The van der Waals surface area contributed by atoms with Crippen LogP contribution < -0.4 is 10.0 Å². The molecule has 0 bridgehead atoms. The van der Waals surface area contributed by atoms with Gasteiger partial charge in [0.25, 0.3) is 0 Å². The molecule has 1 saturated heterocycles. The van der Waals surface area contributed by atoms with Crippen molar-refractivity contribution >= 4 is 10.0 Å². The van der Waals surface area contributed by atoms with Crippen molar-refractivity contribution in [3.8, 4) is 0 Å². The van der Waals surface area contributed by atoms with Crippen molar-refractivity contribution in [3.05, 3.63) is 0 Å². The standard InChI is InChI=1S/C8H18N2O3S/c1-9-14(11,12)6-4-10-7-8-3-2-5-13-8/h8-10H,2-7H2,1H3. The Morgan fingerprint density at radius 3 is 2.86 bits per heavy atom. The first-order valence-electron chi connectivity index (χ1n) is 4.87. The first-order chi connectivity index (χ1) is 6.64. The van der Waals surface area contributed by atoms with Gasteiger partial charge in [-0.05, 0) is 19.9 Å². The number of hydrogen-bond acceptors (Lipinski definition) is 4. The molecule has 1 heterocycles. The topological polar surface area (TPSA) is 67.4 Å². The van der Waals surface area contributed by atoms with Crippen molar-refractivity contribution in [2.45, 2.75) is 18.9 Å². The molecule has 1 aliphatic rings. The second-order valence-electron chi connectivity index (χ2n) is 3.36. The summed E-state index contributed by atoms with van der Waals surface area (Å²) in [6, 6.07) is 0. The van der Waals surface area contributed by atoms with E-state index in [1.807, 2.05) is 0 Å². The van der Waals surface area contributed by atoms with Gasteiger partial charge in [0.1, 0.15) is 0 Å². The lowest BCUT2D eigenvalue weighted by molar-refractivity contribution is 0.110. The van der Waals surface area contributed by atoms with Crippen LogP contribution in [0.2, 0.25) is 0 Å². The largest absolute Gasteiger partial charge is 0.377 e. The molecule has 0 saturated carbocycles. The molecule has 1 unspecified atom stereocenters. The average Bonchev–Trinajstić information content (AvgIpc) is 2.65. The van der Waals surface area contributed by atoms with Gasteiger partial charge in [-0.3, -0.25) is 0 Å². The lowest BCUT2D eigenvalue weighted by Gasteiger charge is -2.10. The molecule has 1 fully saturated rings. The highest BCUT2D eigenvalue weighted by Crippen LogP contribution is 2.10. The highest BCUT2D eigenvalue weighted by Gasteiger charge is 2.14. The fraction of sp³-hybridized carbons (Fsp3) is 1.00. The van der Waals surface area contributed by atoms with Crippen LogP contribution in [-0.4, -0.2) is 47.0 Å². The van der Waals surface area contributed by atoms with Gasteiger partial charge in [-0.25, -0.2) is 13.1 Å². The van der Waals surface area contributed by atoms with Crippen LogP contribution in [0.25, 0.3) is 0 Å². The number of rotatable bonds is 6. The zero-order valence-corrected chi connectivity index (χ0v) is 9.27. The third-order valence-corrected chi connectivity index (χ3v) is 3.62. The minimum atomic E-state index is -3.07. The number of sulfonamides is 1. The van der Waals surface area contributed by atoms with Gasteiger partial charge in [-0.2, -0.15) is 0 Å². The van der Waals surface area contributed by atoms with Crippen LogP contribution in [0.15, 0.2) is 0 Å².